The van der Waals surface area contributed by atoms with Crippen molar-refractivity contribution in [2.45, 2.75) is 18.9 Å². The maximum Gasteiger partial charge on any atom is 0.123 e. The van der Waals surface area contributed by atoms with Gasteiger partial charge in [-0.2, -0.15) is 0 Å². The van der Waals surface area contributed by atoms with Crippen molar-refractivity contribution in [2.75, 3.05) is 11.1 Å². The minimum atomic E-state index is 0.556. The van der Waals surface area contributed by atoms with Gasteiger partial charge in [0.05, 0.1) is 0 Å². The van der Waals surface area contributed by atoms with E-state index >= 15 is 0 Å². The van der Waals surface area contributed by atoms with E-state index in [1.165, 1.54) is 24.1 Å². The number of nitrogens with one attached hydrogen (secondary N) is 1. The van der Waals surface area contributed by atoms with Crippen LogP contribution in [0.2, 0.25) is 0 Å². The molecule has 0 saturated heterocycles. The highest BCUT2D eigenvalue weighted by Crippen LogP contribution is 2.27. The molecule has 3 nitrogen and oxygen atoms in total. The summed E-state index contributed by atoms with van der Waals surface area (Å²) in [6.07, 6.45) is 4.38. The van der Waals surface area contributed by atoms with Gasteiger partial charge in [-0.25, -0.2) is 4.98 Å². The molecule has 0 unspecified atom stereocenters. The molecule has 1 fully saturated rings. The lowest BCUT2D eigenvalue weighted by Crippen LogP contribution is -2.00. The van der Waals surface area contributed by atoms with Crippen LogP contribution in [0.4, 0.5) is 11.5 Å². The highest BCUT2D eigenvalue weighted by atomic mass is 14.9. The van der Waals surface area contributed by atoms with Gasteiger partial charge >= 0.3 is 0 Å². The second-order valence-corrected chi connectivity index (χ2v) is 4.47. The van der Waals surface area contributed by atoms with Crippen molar-refractivity contribution in [3.8, 4) is 11.1 Å². The Balaban J connectivity index is 1.88. The first-order valence-corrected chi connectivity index (χ1v) is 5.90. The average Bonchev–Trinajstić information content (AvgIpc) is 3.14. The molecule has 1 aliphatic carbocycles. The molecule has 0 aliphatic heterocycles. The Kier molecular flexibility index (Phi) is 2.44. The van der Waals surface area contributed by atoms with Crippen LogP contribution in [0.5, 0.6) is 0 Å². The zero-order valence-corrected chi connectivity index (χ0v) is 9.56. The van der Waals surface area contributed by atoms with E-state index in [-0.39, 0.29) is 0 Å². The van der Waals surface area contributed by atoms with Gasteiger partial charge in [0.25, 0.3) is 0 Å². The van der Waals surface area contributed by atoms with Gasteiger partial charge in [0.2, 0.25) is 0 Å². The summed E-state index contributed by atoms with van der Waals surface area (Å²) in [4.78, 5) is 4.12. The first kappa shape index (κ1) is 10.1. The number of pyridine rings is 1. The predicted octanol–water partition coefficient (Wildman–Crippen LogP) is 2.91. The zero-order chi connectivity index (χ0) is 11.7. The molecule has 3 heteroatoms. The number of anilines is 2. The van der Waals surface area contributed by atoms with E-state index in [4.69, 9.17) is 5.73 Å². The highest BCUT2D eigenvalue weighted by molar-refractivity contribution is 5.68. The van der Waals surface area contributed by atoms with Crippen molar-refractivity contribution in [3.63, 3.8) is 0 Å². The maximum atomic E-state index is 5.59. The van der Waals surface area contributed by atoms with Crippen molar-refractivity contribution in [3.05, 3.63) is 42.6 Å². The van der Waals surface area contributed by atoms with Gasteiger partial charge in [0, 0.05) is 23.5 Å². The molecule has 1 heterocycles. The van der Waals surface area contributed by atoms with E-state index in [2.05, 4.69) is 34.6 Å². The van der Waals surface area contributed by atoms with Crippen LogP contribution in [0.1, 0.15) is 12.8 Å². The van der Waals surface area contributed by atoms with Gasteiger partial charge in [-0.05, 0) is 42.7 Å². The van der Waals surface area contributed by atoms with E-state index in [9.17, 15) is 0 Å². The molecule has 3 rings (SSSR count). The molecule has 0 bridgehead atoms. The summed E-state index contributed by atoms with van der Waals surface area (Å²) in [7, 11) is 0. The quantitative estimate of drug-likeness (QED) is 0.844. The summed E-state index contributed by atoms with van der Waals surface area (Å²) in [6, 6.07) is 12.9. The minimum Gasteiger partial charge on any atom is -0.384 e. The van der Waals surface area contributed by atoms with Gasteiger partial charge in [-0.3, -0.25) is 0 Å². The molecule has 86 valence electrons. The maximum absolute atomic E-state index is 5.59. The molecule has 0 spiro atoms. The van der Waals surface area contributed by atoms with E-state index in [0.29, 0.717) is 11.9 Å². The summed E-state index contributed by atoms with van der Waals surface area (Å²) < 4.78 is 0. The summed E-state index contributed by atoms with van der Waals surface area (Å²) in [5, 5.41) is 3.49. The Morgan fingerprint density at radius 2 is 2.00 bits per heavy atom. The van der Waals surface area contributed by atoms with Crippen LogP contribution in [0.25, 0.3) is 11.1 Å². The lowest BCUT2D eigenvalue weighted by Gasteiger charge is -2.07. The van der Waals surface area contributed by atoms with Crippen molar-refractivity contribution in [1.29, 1.82) is 0 Å². The van der Waals surface area contributed by atoms with Crippen LogP contribution in [-0.2, 0) is 0 Å². The van der Waals surface area contributed by atoms with Crippen molar-refractivity contribution >= 4 is 11.5 Å². The summed E-state index contributed by atoms with van der Waals surface area (Å²) in [6.45, 7) is 0. The molecule has 1 aromatic carbocycles. The Bertz CT molecular complexity index is 515. The molecule has 0 radical (unpaired) electrons. The Morgan fingerprint density at radius 3 is 2.71 bits per heavy atom. The number of hydrogen-bond donors (Lipinski definition) is 2. The number of nitrogen functional groups attached to an aromatic ring is 1. The Hall–Kier alpha value is -2.03. The Morgan fingerprint density at radius 1 is 1.12 bits per heavy atom. The van der Waals surface area contributed by atoms with Gasteiger partial charge in [-0.1, -0.05) is 12.1 Å². The SMILES string of the molecule is Nc1ccc(-c2cccc(NC3CC3)c2)cn1. The van der Waals surface area contributed by atoms with Crippen LogP contribution in [0.15, 0.2) is 42.6 Å². The van der Waals surface area contributed by atoms with Crippen molar-refractivity contribution in [2.24, 2.45) is 0 Å². The van der Waals surface area contributed by atoms with E-state index < -0.39 is 0 Å². The van der Waals surface area contributed by atoms with Gasteiger partial charge in [0.1, 0.15) is 5.82 Å². The molecule has 1 aliphatic rings. The fourth-order valence-electron chi connectivity index (χ4n) is 1.83. The van der Waals surface area contributed by atoms with Crippen LogP contribution in [0.3, 0.4) is 0 Å². The molecule has 3 N–H and O–H groups in total. The monoisotopic (exact) mass is 225 g/mol. The Labute approximate surface area is 101 Å². The molecule has 0 amide bonds. The summed E-state index contributed by atoms with van der Waals surface area (Å²) in [5.41, 5.74) is 9.03. The fourth-order valence-corrected chi connectivity index (χ4v) is 1.83. The minimum absolute atomic E-state index is 0.556. The molecule has 17 heavy (non-hydrogen) atoms. The third-order valence-corrected chi connectivity index (χ3v) is 2.93. The number of rotatable bonds is 3. The molecule has 0 atom stereocenters. The number of nitrogens with two attached hydrogens (primary N) is 1. The van der Waals surface area contributed by atoms with Crippen LogP contribution < -0.4 is 11.1 Å². The summed E-state index contributed by atoms with van der Waals surface area (Å²) in [5.74, 6) is 0.556. The number of aromatic nitrogens is 1. The van der Waals surface area contributed by atoms with Crippen LogP contribution in [-0.4, -0.2) is 11.0 Å². The smallest absolute Gasteiger partial charge is 0.123 e. The third kappa shape index (κ3) is 2.38. The number of nitrogens with zero attached hydrogens (tertiary/aromatic N) is 1. The van der Waals surface area contributed by atoms with Crippen molar-refractivity contribution < 1.29 is 0 Å². The standard InChI is InChI=1S/C14H15N3/c15-14-7-4-11(9-16-14)10-2-1-3-13(8-10)17-12-5-6-12/h1-4,7-9,12,17H,5-6H2,(H2,15,16). The van der Waals surface area contributed by atoms with E-state index in [1.54, 1.807) is 0 Å². The van der Waals surface area contributed by atoms with E-state index in [0.717, 1.165) is 5.56 Å². The molecule has 1 saturated carbocycles. The lowest BCUT2D eigenvalue weighted by atomic mass is 10.1. The second kappa shape index (κ2) is 4.09. The topological polar surface area (TPSA) is 50.9 Å². The highest BCUT2D eigenvalue weighted by Gasteiger charge is 2.20. The van der Waals surface area contributed by atoms with Crippen LogP contribution >= 0.6 is 0 Å². The zero-order valence-electron chi connectivity index (χ0n) is 9.56. The number of hydrogen-bond acceptors (Lipinski definition) is 3. The third-order valence-electron chi connectivity index (χ3n) is 2.93. The van der Waals surface area contributed by atoms with E-state index in [1.807, 2.05) is 18.3 Å². The lowest BCUT2D eigenvalue weighted by molar-refractivity contribution is 1.16. The molecular formula is C14H15N3. The predicted molar refractivity (Wildman–Crippen MR) is 70.7 cm³/mol. The first-order valence-electron chi connectivity index (χ1n) is 5.90. The summed E-state index contributed by atoms with van der Waals surface area (Å²) >= 11 is 0. The van der Waals surface area contributed by atoms with Crippen molar-refractivity contribution in [1.82, 2.24) is 4.98 Å². The first-order chi connectivity index (χ1) is 8.31. The second-order valence-electron chi connectivity index (χ2n) is 4.47. The van der Waals surface area contributed by atoms with Gasteiger partial charge in [-0.15, -0.1) is 0 Å². The fraction of sp³-hybridized carbons (Fsp3) is 0.214. The molecule has 2 aromatic rings. The average molecular weight is 225 g/mol. The largest absolute Gasteiger partial charge is 0.384 e. The van der Waals surface area contributed by atoms with Crippen LogP contribution in [0, 0.1) is 0 Å². The van der Waals surface area contributed by atoms with Gasteiger partial charge in [0.15, 0.2) is 0 Å². The normalized spacial score (nSPS) is 14.6. The molecule has 1 aromatic heterocycles. The van der Waals surface area contributed by atoms with Gasteiger partial charge < -0.3 is 11.1 Å². The number of benzene rings is 1. The molecular weight excluding hydrogens is 210 g/mol.